The first kappa shape index (κ1) is 18.9. The van der Waals surface area contributed by atoms with Crippen LogP contribution in [0, 0.1) is 0 Å². The smallest absolute Gasteiger partial charge is 0.418 e. The van der Waals surface area contributed by atoms with Crippen LogP contribution in [-0.2, 0) is 24.1 Å². The molecule has 2 aromatic rings. The number of hydrogen-bond donors (Lipinski definition) is 3. The SMILES string of the molecule is Oc1cc(C(F)(F)F)cnc1-c1nnc(N[C@@H]2CCCC[C@H]2O)c2c1COC2. The summed E-state index contributed by atoms with van der Waals surface area (Å²) in [7, 11) is 0. The third-order valence-electron chi connectivity index (χ3n) is 5.15. The third-order valence-corrected chi connectivity index (χ3v) is 5.15. The number of hydrogen-bond acceptors (Lipinski definition) is 7. The van der Waals surface area contributed by atoms with Gasteiger partial charge in [0.05, 0.1) is 30.9 Å². The van der Waals surface area contributed by atoms with E-state index in [1.807, 2.05) is 0 Å². The quantitative estimate of drug-likeness (QED) is 0.733. The molecule has 4 rings (SSSR count). The summed E-state index contributed by atoms with van der Waals surface area (Å²) in [5.41, 5.74) is 0.397. The molecule has 10 heteroatoms. The second-order valence-electron chi connectivity index (χ2n) is 7.04. The molecule has 0 unspecified atom stereocenters. The van der Waals surface area contributed by atoms with Crippen molar-refractivity contribution in [1.82, 2.24) is 15.2 Å². The summed E-state index contributed by atoms with van der Waals surface area (Å²) >= 11 is 0. The van der Waals surface area contributed by atoms with Crippen molar-refractivity contribution < 1.29 is 28.1 Å². The summed E-state index contributed by atoms with van der Waals surface area (Å²) in [5.74, 6) is -0.143. The van der Waals surface area contributed by atoms with Gasteiger partial charge in [0, 0.05) is 17.3 Å². The van der Waals surface area contributed by atoms with Crippen molar-refractivity contribution >= 4 is 5.82 Å². The van der Waals surface area contributed by atoms with Gasteiger partial charge in [-0.25, -0.2) is 4.98 Å². The molecule has 2 aromatic heterocycles. The third kappa shape index (κ3) is 3.49. The van der Waals surface area contributed by atoms with Crippen LogP contribution >= 0.6 is 0 Å². The highest BCUT2D eigenvalue weighted by Crippen LogP contribution is 2.38. The van der Waals surface area contributed by atoms with E-state index in [9.17, 15) is 23.4 Å². The number of ether oxygens (including phenoxy) is 1. The lowest BCUT2D eigenvalue weighted by Gasteiger charge is -2.29. The maximum absolute atomic E-state index is 12.8. The van der Waals surface area contributed by atoms with E-state index in [4.69, 9.17) is 4.74 Å². The molecular weight excluding hydrogens is 377 g/mol. The van der Waals surface area contributed by atoms with E-state index in [0.717, 1.165) is 19.3 Å². The van der Waals surface area contributed by atoms with Gasteiger partial charge in [-0.05, 0) is 18.9 Å². The molecule has 1 saturated carbocycles. The Morgan fingerprint density at radius 3 is 2.54 bits per heavy atom. The number of nitrogens with one attached hydrogen (secondary N) is 1. The monoisotopic (exact) mass is 396 g/mol. The van der Waals surface area contributed by atoms with Crippen molar-refractivity contribution in [1.29, 1.82) is 0 Å². The van der Waals surface area contributed by atoms with Gasteiger partial charge < -0.3 is 20.3 Å². The van der Waals surface area contributed by atoms with E-state index in [-0.39, 0.29) is 30.6 Å². The first-order valence-corrected chi connectivity index (χ1v) is 9.02. The summed E-state index contributed by atoms with van der Waals surface area (Å²) in [5, 5.41) is 31.7. The van der Waals surface area contributed by atoms with Crippen LogP contribution < -0.4 is 5.32 Å². The van der Waals surface area contributed by atoms with Crippen molar-refractivity contribution in [3.63, 3.8) is 0 Å². The molecule has 28 heavy (non-hydrogen) atoms. The largest absolute Gasteiger partial charge is 0.506 e. The van der Waals surface area contributed by atoms with E-state index in [1.54, 1.807) is 0 Å². The summed E-state index contributed by atoms with van der Waals surface area (Å²) < 4.78 is 43.9. The molecule has 1 aliphatic heterocycles. The van der Waals surface area contributed by atoms with E-state index in [2.05, 4.69) is 20.5 Å². The minimum atomic E-state index is -4.60. The first-order valence-electron chi connectivity index (χ1n) is 9.02. The van der Waals surface area contributed by atoms with Crippen molar-refractivity contribution in [2.75, 3.05) is 5.32 Å². The molecule has 0 spiro atoms. The van der Waals surface area contributed by atoms with Gasteiger partial charge in [-0.3, -0.25) is 0 Å². The average Bonchev–Trinajstić information content (AvgIpc) is 3.13. The predicted molar refractivity (Wildman–Crippen MR) is 92.3 cm³/mol. The highest BCUT2D eigenvalue weighted by molar-refractivity contribution is 5.69. The van der Waals surface area contributed by atoms with Crippen LogP contribution in [0.15, 0.2) is 12.3 Å². The lowest BCUT2D eigenvalue weighted by Crippen LogP contribution is -2.37. The van der Waals surface area contributed by atoms with Crippen LogP contribution in [0.4, 0.5) is 19.0 Å². The fraction of sp³-hybridized carbons (Fsp3) is 0.500. The zero-order chi connectivity index (χ0) is 19.9. The Kier molecular flexibility index (Phi) is 4.84. The van der Waals surface area contributed by atoms with Crippen molar-refractivity contribution in [3.8, 4) is 17.1 Å². The number of aromatic nitrogens is 3. The highest BCUT2D eigenvalue weighted by atomic mass is 19.4. The molecule has 150 valence electrons. The predicted octanol–water partition coefficient (Wildman–Crippen LogP) is 3.01. The summed E-state index contributed by atoms with van der Waals surface area (Å²) in [6.07, 6.45) is -0.926. The Labute approximate surface area is 158 Å². The summed E-state index contributed by atoms with van der Waals surface area (Å²) in [4.78, 5) is 3.76. The Morgan fingerprint density at radius 1 is 1.07 bits per heavy atom. The van der Waals surface area contributed by atoms with Crippen molar-refractivity contribution in [2.45, 2.75) is 57.2 Å². The standard InChI is InChI=1S/C18H19F3N4O3/c19-18(20,21)9-5-14(27)16(22-6-9)15-10-7-28-8-11(10)17(25-24-15)23-12-3-1-2-4-13(12)26/h5-6,12-13,26-27H,1-4,7-8H2,(H,23,25)/t12-,13-/m1/s1. The molecule has 2 aliphatic rings. The van der Waals surface area contributed by atoms with Gasteiger partial charge >= 0.3 is 6.18 Å². The fourth-order valence-corrected chi connectivity index (χ4v) is 3.62. The van der Waals surface area contributed by atoms with Gasteiger partial charge in [0.15, 0.2) is 5.82 Å². The van der Waals surface area contributed by atoms with Crippen LogP contribution in [0.1, 0.15) is 42.4 Å². The lowest BCUT2D eigenvalue weighted by molar-refractivity contribution is -0.137. The van der Waals surface area contributed by atoms with Gasteiger partial charge in [-0.2, -0.15) is 13.2 Å². The number of pyridine rings is 1. The number of fused-ring (bicyclic) bond motifs is 1. The fourth-order valence-electron chi connectivity index (χ4n) is 3.62. The Morgan fingerprint density at radius 2 is 1.82 bits per heavy atom. The maximum Gasteiger partial charge on any atom is 0.418 e. The molecule has 3 heterocycles. The molecule has 7 nitrogen and oxygen atoms in total. The van der Waals surface area contributed by atoms with Gasteiger partial charge in [0.1, 0.15) is 17.1 Å². The van der Waals surface area contributed by atoms with Crippen LogP contribution in [0.25, 0.3) is 11.4 Å². The number of halogens is 3. The molecule has 0 saturated heterocycles. The molecular formula is C18H19F3N4O3. The molecule has 0 aromatic carbocycles. The number of nitrogens with zero attached hydrogens (tertiary/aromatic N) is 3. The average molecular weight is 396 g/mol. The first-order chi connectivity index (χ1) is 13.3. The molecule has 0 bridgehead atoms. The van der Waals surface area contributed by atoms with E-state index >= 15 is 0 Å². The highest BCUT2D eigenvalue weighted by Gasteiger charge is 2.33. The van der Waals surface area contributed by atoms with E-state index in [1.165, 1.54) is 0 Å². The van der Waals surface area contributed by atoms with Crippen LogP contribution in [0.5, 0.6) is 5.75 Å². The minimum absolute atomic E-state index is 0.0773. The Balaban J connectivity index is 1.68. The molecule has 2 atom stereocenters. The zero-order valence-corrected chi connectivity index (χ0v) is 14.8. The molecule has 1 fully saturated rings. The minimum Gasteiger partial charge on any atom is -0.506 e. The van der Waals surface area contributed by atoms with E-state index in [0.29, 0.717) is 35.6 Å². The molecule has 1 aliphatic carbocycles. The van der Waals surface area contributed by atoms with Gasteiger partial charge in [0.25, 0.3) is 0 Å². The van der Waals surface area contributed by atoms with Crippen LogP contribution in [-0.4, -0.2) is 37.5 Å². The van der Waals surface area contributed by atoms with Crippen LogP contribution in [0.2, 0.25) is 0 Å². The zero-order valence-electron chi connectivity index (χ0n) is 14.8. The van der Waals surface area contributed by atoms with Crippen molar-refractivity contribution in [3.05, 3.63) is 29.0 Å². The number of aliphatic hydroxyl groups is 1. The lowest BCUT2D eigenvalue weighted by atomic mass is 9.92. The number of aromatic hydroxyl groups is 1. The van der Waals surface area contributed by atoms with Gasteiger partial charge in [-0.15, -0.1) is 10.2 Å². The summed E-state index contributed by atoms with van der Waals surface area (Å²) in [6, 6.07) is 0.479. The summed E-state index contributed by atoms with van der Waals surface area (Å²) in [6.45, 7) is 0.439. The Hall–Kier alpha value is -2.46. The second-order valence-corrected chi connectivity index (χ2v) is 7.04. The normalized spacial score (nSPS) is 22.1. The van der Waals surface area contributed by atoms with Gasteiger partial charge in [0.2, 0.25) is 0 Å². The van der Waals surface area contributed by atoms with E-state index < -0.39 is 23.6 Å². The van der Waals surface area contributed by atoms with Crippen LogP contribution in [0.3, 0.4) is 0 Å². The van der Waals surface area contributed by atoms with Crippen molar-refractivity contribution in [2.24, 2.45) is 0 Å². The second kappa shape index (κ2) is 7.17. The molecule has 0 amide bonds. The molecule has 0 radical (unpaired) electrons. The maximum atomic E-state index is 12.8. The molecule has 3 N–H and O–H groups in total. The number of alkyl halides is 3. The topological polar surface area (TPSA) is 100 Å². The Bertz CT molecular complexity index is 891. The van der Waals surface area contributed by atoms with Gasteiger partial charge in [-0.1, -0.05) is 12.8 Å². The number of anilines is 1. The number of rotatable bonds is 3. The number of aliphatic hydroxyl groups excluding tert-OH is 1.